The summed E-state index contributed by atoms with van der Waals surface area (Å²) in [6, 6.07) is 7.46. The van der Waals surface area contributed by atoms with Crippen molar-refractivity contribution in [1.29, 1.82) is 0 Å². The number of ether oxygens (including phenoxy) is 2. The molecule has 2 fully saturated rings. The van der Waals surface area contributed by atoms with Crippen LogP contribution in [-0.2, 0) is 22.6 Å². The summed E-state index contributed by atoms with van der Waals surface area (Å²) in [6.07, 6.45) is 5.57. The summed E-state index contributed by atoms with van der Waals surface area (Å²) in [5.41, 5.74) is 2.09. The number of benzene rings is 1. The van der Waals surface area contributed by atoms with Crippen molar-refractivity contribution in [2.45, 2.75) is 71.2 Å². The molecule has 0 aliphatic carbocycles. The van der Waals surface area contributed by atoms with E-state index in [1.807, 2.05) is 12.1 Å². The van der Waals surface area contributed by atoms with Gasteiger partial charge >= 0.3 is 12.1 Å². The lowest BCUT2D eigenvalue weighted by molar-refractivity contribution is 0.183. The van der Waals surface area contributed by atoms with Crippen molar-refractivity contribution in [3.63, 3.8) is 0 Å². The minimum atomic E-state index is -0.347. The Morgan fingerprint density at radius 2 is 1.42 bits per heavy atom. The van der Waals surface area contributed by atoms with E-state index in [2.05, 4.69) is 41.5 Å². The van der Waals surface area contributed by atoms with Gasteiger partial charge in [0, 0.05) is 32.7 Å². The van der Waals surface area contributed by atoms with Gasteiger partial charge in [-0.2, -0.15) is 0 Å². The highest BCUT2D eigenvalue weighted by atomic mass is 16.6. The smallest absolute Gasteiger partial charge is 0.325 e. The van der Waals surface area contributed by atoms with Crippen molar-refractivity contribution in [3.05, 3.63) is 35.4 Å². The third-order valence-electron chi connectivity index (χ3n) is 5.82. The summed E-state index contributed by atoms with van der Waals surface area (Å²) in [6.45, 7) is 9.83. The number of hydrogen-bond donors (Lipinski definition) is 2. The zero-order valence-electron chi connectivity index (χ0n) is 20.2. The molecule has 0 saturated carbocycles. The van der Waals surface area contributed by atoms with Gasteiger partial charge in [0.1, 0.15) is 0 Å². The minimum absolute atomic E-state index is 0.239. The molecule has 2 saturated heterocycles. The molecule has 33 heavy (non-hydrogen) atoms. The molecule has 3 rings (SSSR count). The molecule has 1 aromatic carbocycles. The number of urea groups is 2. The topological polar surface area (TPSA) is 89.7 Å². The molecule has 184 valence electrons. The molecule has 2 heterocycles. The number of nitrogens with one attached hydrogen (secondary N) is 2. The number of amides is 4. The average molecular weight is 461 g/mol. The van der Waals surface area contributed by atoms with Crippen LogP contribution in [0.15, 0.2) is 24.3 Å². The third kappa shape index (κ3) is 9.70. The van der Waals surface area contributed by atoms with Gasteiger partial charge in [-0.05, 0) is 24.0 Å². The van der Waals surface area contributed by atoms with Crippen molar-refractivity contribution in [2.75, 3.05) is 39.4 Å². The van der Waals surface area contributed by atoms with Crippen molar-refractivity contribution in [1.82, 2.24) is 20.4 Å². The maximum atomic E-state index is 12.8. The molecule has 2 aliphatic rings. The van der Waals surface area contributed by atoms with Crippen LogP contribution < -0.4 is 10.6 Å². The maximum Gasteiger partial charge on any atom is 0.325 e. The Morgan fingerprint density at radius 3 is 1.97 bits per heavy atom. The van der Waals surface area contributed by atoms with Gasteiger partial charge in [0.2, 0.25) is 0 Å². The van der Waals surface area contributed by atoms with E-state index in [-0.39, 0.29) is 18.6 Å². The van der Waals surface area contributed by atoms with Crippen LogP contribution in [0.25, 0.3) is 0 Å². The summed E-state index contributed by atoms with van der Waals surface area (Å²) in [4.78, 5) is 29.3. The number of unbranched alkanes of at least 4 members (excludes halogenated alkanes) is 3. The highest BCUT2D eigenvalue weighted by molar-refractivity contribution is 5.93. The van der Waals surface area contributed by atoms with Gasteiger partial charge in [-0.25, -0.2) is 14.5 Å². The largest absolute Gasteiger partial charge is 0.372 e. The molecule has 2 atom stereocenters. The Labute approximate surface area is 198 Å². The lowest BCUT2D eigenvalue weighted by atomic mass is 10.1. The van der Waals surface area contributed by atoms with Gasteiger partial charge in [0.05, 0.1) is 32.0 Å². The fraction of sp³-hybridized carbons (Fsp3) is 0.680. The van der Waals surface area contributed by atoms with Crippen LogP contribution in [0.3, 0.4) is 0 Å². The summed E-state index contributed by atoms with van der Waals surface area (Å²) in [7, 11) is 0. The van der Waals surface area contributed by atoms with Gasteiger partial charge in [-0.15, -0.1) is 0 Å². The van der Waals surface area contributed by atoms with Crippen LogP contribution in [-0.4, -0.2) is 73.5 Å². The van der Waals surface area contributed by atoms with E-state index >= 15 is 0 Å². The molecule has 0 aromatic heterocycles. The molecular weight excluding hydrogens is 420 g/mol. The molecule has 0 bridgehead atoms. The van der Waals surface area contributed by atoms with E-state index in [1.54, 1.807) is 0 Å². The summed E-state index contributed by atoms with van der Waals surface area (Å²) < 4.78 is 10.8. The van der Waals surface area contributed by atoms with Gasteiger partial charge in [0.15, 0.2) is 0 Å². The fourth-order valence-corrected chi connectivity index (χ4v) is 3.76. The number of nitrogens with zero attached hydrogens (tertiary/aromatic N) is 2. The Balaban J connectivity index is 1.61. The van der Waals surface area contributed by atoms with Crippen LogP contribution in [0, 0.1) is 0 Å². The SMILES string of the molecule is CCCCCNC(=O)N(Cc1cccc(CN(CC2CO2)CC2CO2)c1)C(=O)NCCCC. The first-order chi connectivity index (χ1) is 16.1. The van der Waals surface area contributed by atoms with Crippen molar-refractivity contribution in [2.24, 2.45) is 0 Å². The van der Waals surface area contributed by atoms with Gasteiger partial charge in [-0.3, -0.25) is 4.90 Å². The van der Waals surface area contributed by atoms with E-state index < -0.39 is 0 Å². The van der Waals surface area contributed by atoms with Crippen LogP contribution in [0.2, 0.25) is 0 Å². The summed E-state index contributed by atoms with van der Waals surface area (Å²) in [5, 5.41) is 5.78. The molecule has 8 nitrogen and oxygen atoms in total. The molecular formula is C25H40N4O4. The molecule has 2 aliphatic heterocycles. The Kier molecular flexibility index (Phi) is 10.4. The van der Waals surface area contributed by atoms with Gasteiger partial charge in [0.25, 0.3) is 0 Å². The second-order valence-corrected chi connectivity index (χ2v) is 9.04. The monoisotopic (exact) mass is 460 g/mol. The molecule has 2 unspecified atom stereocenters. The van der Waals surface area contributed by atoms with Crippen molar-refractivity contribution >= 4 is 12.1 Å². The van der Waals surface area contributed by atoms with Crippen LogP contribution in [0.5, 0.6) is 0 Å². The Bertz CT molecular complexity index is 738. The quantitative estimate of drug-likeness (QED) is 0.309. The number of carbonyl (C=O) groups is 2. The molecule has 8 heteroatoms. The van der Waals surface area contributed by atoms with E-state index in [9.17, 15) is 9.59 Å². The predicted molar refractivity (Wildman–Crippen MR) is 128 cm³/mol. The summed E-state index contributed by atoms with van der Waals surface area (Å²) in [5.74, 6) is 0. The van der Waals surface area contributed by atoms with Crippen LogP contribution in [0.4, 0.5) is 9.59 Å². The maximum absolute atomic E-state index is 12.8. The Hall–Kier alpha value is -2.16. The molecule has 1 aromatic rings. The number of hydrogen-bond acceptors (Lipinski definition) is 5. The fourth-order valence-electron chi connectivity index (χ4n) is 3.76. The molecule has 0 radical (unpaired) electrons. The highest BCUT2D eigenvalue weighted by Gasteiger charge is 2.30. The van der Waals surface area contributed by atoms with Gasteiger partial charge < -0.3 is 20.1 Å². The normalized spacial score (nSPS) is 18.8. The lowest BCUT2D eigenvalue weighted by Gasteiger charge is -2.23. The van der Waals surface area contributed by atoms with Gasteiger partial charge in [-0.1, -0.05) is 57.4 Å². The summed E-state index contributed by atoms with van der Waals surface area (Å²) >= 11 is 0. The second kappa shape index (κ2) is 13.5. The van der Waals surface area contributed by atoms with E-state index in [1.165, 1.54) is 4.90 Å². The lowest BCUT2D eigenvalue weighted by Crippen LogP contribution is -2.48. The predicted octanol–water partition coefficient (Wildman–Crippen LogP) is 3.50. The first-order valence-corrected chi connectivity index (χ1v) is 12.5. The number of carbonyl (C=O) groups excluding carboxylic acids is 2. The van der Waals surface area contributed by atoms with E-state index in [0.29, 0.717) is 25.3 Å². The number of imide groups is 1. The number of rotatable bonds is 15. The van der Waals surface area contributed by atoms with Crippen LogP contribution in [0.1, 0.15) is 57.1 Å². The first kappa shape index (κ1) is 25.5. The van der Waals surface area contributed by atoms with Crippen molar-refractivity contribution < 1.29 is 19.1 Å². The number of epoxide rings is 2. The van der Waals surface area contributed by atoms with Crippen molar-refractivity contribution in [3.8, 4) is 0 Å². The van der Waals surface area contributed by atoms with E-state index in [4.69, 9.17) is 9.47 Å². The average Bonchev–Trinajstić information content (AvgIpc) is 3.73. The molecule has 4 amide bonds. The molecule has 0 spiro atoms. The third-order valence-corrected chi connectivity index (χ3v) is 5.82. The minimum Gasteiger partial charge on any atom is -0.372 e. The second-order valence-electron chi connectivity index (χ2n) is 9.04. The first-order valence-electron chi connectivity index (χ1n) is 12.5. The highest BCUT2D eigenvalue weighted by Crippen LogP contribution is 2.19. The zero-order valence-corrected chi connectivity index (χ0v) is 20.2. The standard InChI is InChI=1S/C25H40N4O4/c1-3-5-7-12-27-25(31)29(24(30)26-11-6-4-2)15-21-10-8-9-20(13-21)14-28(16-22-18-32-22)17-23-19-33-23/h8-10,13,22-23H,3-7,11-12,14-19H2,1-2H3,(H,26,30)(H,27,31). The van der Waals surface area contributed by atoms with Crippen LogP contribution >= 0.6 is 0 Å². The van der Waals surface area contributed by atoms with E-state index in [0.717, 1.165) is 76.1 Å². The Morgan fingerprint density at radius 1 is 0.879 bits per heavy atom. The molecule has 2 N–H and O–H groups in total. The zero-order chi connectivity index (χ0) is 23.5.